The van der Waals surface area contributed by atoms with Crippen LogP contribution >= 0.6 is 0 Å². The third kappa shape index (κ3) is 6.26. The molecule has 33 heavy (non-hydrogen) atoms. The number of carbonyl (C=O) groups excluding carboxylic acids is 1. The summed E-state index contributed by atoms with van der Waals surface area (Å²) in [5.41, 5.74) is -0.520. The van der Waals surface area contributed by atoms with E-state index in [0.29, 0.717) is 5.56 Å². The highest BCUT2D eigenvalue weighted by atomic mass is 32.2. The van der Waals surface area contributed by atoms with Crippen molar-refractivity contribution < 1.29 is 33.0 Å². The van der Waals surface area contributed by atoms with Gasteiger partial charge in [0.1, 0.15) is 5.25 Å². The van der Waals surface area contributed by atoms with Crippen LogP contribution in [-0.4, -0.2) is 41.6 Å². The number of hydrogen-bond acceptors (Lipinski definition) is 5. The van der Waals surface area contributed by atoms with Gasteiger partial charge < -0.3 is 10.2 Å². The van der Waals surface area contributed by atoms with Crippen LogP contribution in [0.25, 0.3) is 0 Å². The Bertz CT molecular complexity index is 1170. The minimum atomic E-state index is -3.65. The van der Waals surface area contributed by atoms with Gasteiger partial charge in [0.15, 0.2) is 15.6 Å². The average molecular weight is 471 g/mol. The molecule has 0 aromatic heterocycles. The van der Waals surface area contributed by atoms with Crippen molar-refractivity contribution in [3.05, 3.63) is 90.0 Å². The SMILES string of the molecule is CC1(C(=O)O)C=CC=C(C(=O)O)C1.CCC(C(=O)c1ccccc1)S(=O)(=O)c1ccccc1. The topological polar surface area (TPSA) is 126 Å². The lowest BCUT2D eigenvalue weighted by Crippen LogP contribution is -2.30. The molecule has 0 spiro atoms. The predicted octanol–water partition coefficient (Wildman–Crippen LogP) is 4.17. The molecule has 2 atom stereocenters. The molecular formula is C25H26O7S. The van der Waals surface area contributed by atoms with Gasteiger partial charge in [-0.25, -0.2) is 13.2 Å². The summed E-state index contributed by atoms with van der Waals surface area (Å²) in [5.74, 6) is -2.41. The Morgan fingerprint density at radius 1 is 0.970 bits per heavy atom. The summed E-state index contributed by atoms with van der Waals surface area (Å²) in [6, 6.07) is 16.7. The quantitative estimate of drug-likeness (QED) is 0.582. The van der Waals surface area contributed by atoms with Gasteiger partial charge in [-0.15, -0.1) is 0 Å². The lowest BCUT2D eigenvalue weighted by molar-refractivity contribution is -0.145. The first-order valence-electron chi connectivity index (χ1n) is 10.3. The molecule has 8 heteroatoms. The number of ketones is 1. The van der Waals surface area contributed by atoms with Gasteiger partial charge in [0.25, 0.3) is 0 Å². The van der Waals surface area contributed by atoms with E-state index in [4.69, 9.17) is 10.2 Å². The van der Waals surface area contributed by atoms with E-state index in [2.05, 4.69) is 0 Å². The first-order chi connectivity index (χ1) is 15.5. The molecule has 0 saturated carbocycles. The highest BCUT2D eigenvalue weighted by Gasteiger charge is 2.34. The lowest BCUT2D eigenvalue weighted by atomic mass is 9.80. The first kappa shape index (κ1) is 25.7. The van der Waals surface area contributed by atoms with Gasteiger partial charge in [-0.3, -0.25) is 9.59 Å². The van der Waals surface area contributed by atoms with Gasteiger partial charge in [-0.2, -0.15) is 0 Å². The predicted molar refractivity (Wildman–Crippen MR) is 124 cm³/mol. The van der Waals surface area contributed by atoms with Crippen molar-refractivity contribution in [3.63, 3.8) is 0 Å². The minimum absolute atomic E-state index is 0.0359. The second kappa shape index (κ2) is 10.9. The molecule has 0 radical (unpaired) electrons. The molecule has 0 amide bonds. The molecule has 0 saturated heterocycles. The molecule has 3 rings (SSSR count). The number of carboxylic acid groups (broad SMARTS) is 2. The normalized spacial score (nSPS) is 18.3. The van der Waals surface area contributed by atoms with Crippen LogP contribution in [-0.2, 0) is 19.4 Å². The van der Waals surface area contributed by atoms with Crippen LogP contribution in [0.4, 0.5) is 0 Å². The highest BCUT2D eigenvalue weighted by Crippen LogP contribution is 2.31. The molecule has 0 heterocycles. The van der Waals surface area contributed by atoms with E-state index < -0.39 is 32.4 Å². The van der Waals surface area contributed by atoms with Crippen molar-refractivity contribution in [3.8, 4) is 0 Å². The highest BCUT2D eigenvalue weighted by molar-refractivity contribution is 7.92. The van der Waals surface area contributed by atoms with Crippen molar-refractivity contribution in [2.75, 3.05) is 0 Å². The summed E-state index contributed by atoms with van der Waals surface area (Å²) in [7, 11) is -3.65. The number of allylic oxidation sites excluding steroid dienone is 2. The number of carboxylic acids is 2. The van der Waals surface area contributed by atoms with Crippen LogP contribution in [0.1, 0.15) is 37.0 Å². The maximum absolute atomic E-state index is 12.6. The van der Waals surface area contributed by atoms with Crippen molar-refractivity contribution in [1.82, 2.24) is 0 Å². The monoisotopic (exact) mass is 470 g/mol. The smallest absolute Gasteiger partial charge is 0.331 e. The number of carbonyl (C=O) groups is 3. The Morgan fingerprint density at radius 3 is 2.00 bits per heavy atom. The van der Waals surface area contributed by atoms with Crippen molar-refractivity contribution >= 4 is 27.6 Å². The van der Waals surface area contributed by atoms with E-state index in [1.165, 1.54) is 37.3 Å². The summed E-state index contributed by atoms with van der Waals surface area (Å²) in [6.07, 6.45) is 4.69. The van der Waals surface area contributed by atoms with Gasteiger partial charge in [-0.05, 0) is 31.9 Å². The molecule has 0 aliphatic heterocycles. The maximum Gasteiger partial charge on any atom is 0.331 e. The van der Waals surface area contributed by atoms with Crippen LogP contribution in [0.5, 0.6) is 0 Å². The fourth-order valence-electron chi connectivity index (χ4n) is 3.29. The summed E-state index contributed by atoms with van der Waals surface area (Å²) in [6.45, 7) is 3.22. The number of sulfone groups is 1. The zero-order valence-electron chi connectivity index (χ0n) is 18.3. The molecular weight excluding hydrogens is 444 g/mol. The summed E-state index contributed by atoms with van der Waals surface area (Å²) in [4.78, 5) is 34.0. The Labute approximate surface area is 193 Å². The number of aliphatic carboxylic acids is 2. The Kier molecular flexibility index (Phi) is 8.48. The third-order valence-electron chi connectivity index (χ3n) is 5.25. The van der Waals surface area contributed by atoms with Crippen LogP contribution in [0.3, 0.4) is 0 Å². The van der Waals surface area contributed by atoms with E-state index in [0.717, 1.165) is 0 Å². The van der Waals surface area contributed by atoms with Gasteiger partial charge >= 0.3 is 11.9 Å². The largest absolute Gasteiger partial charge is 0.481 e. The molecule has 2 aromatic carbocycles. The zero-order chi connectivity index (χ0) is 24.6. The van der Waals surface area contributed by atoms with Crippen LogP contribution in [0.2, 0.25) is 0 Å². The Hall–Kier alpha value is -3.52. The van der Waals surface area contributed by atoms with E-state index in [1.807, 2.05) is 0 Å². The molecule has 2 N–H and O–H groups in total. The van der Waals surface area contributed by atoms with Gasteiger partial charge in [0.2, 0.25) is 0 Å². The van der Waals surface area contributed by atoms with Crippen molar-refractivity contribution in [1.29, 1.82) is 0 Å². The lowest BCUT2D eigenvalue weighted by Gasteiger charge is -2.23. The fraction of sp³-hybridized carbons (Fsp3) is 0.240. The van der Waals surface area contributed by atoms with Gasteiger partial charge in [0, 0.05) is 11.1 Å². The third-order valence-corrected chi connectivity index (χ3v) is 7.48. The Morgan fingerprint density at radius 2 is 1.52 bits per heavy atom. The molecule has 1 aliphatic carbocycles. The maximum atomic E-state index is 12.6. The first-order valence-corrected chi connectivity index (χ1v) is 11.8. The standard InChI is InChI=1S/C16H16O3S.C9H10O4/c1-2-15(16(17)13-9-5-3-6-10-13)20(18,19)14-11-7-4-8-12-14;1-9(8(12)13)4-2-3-6(5-9)7(10)11/h3-12,15H,2H2,1H3;2-4H,5H2,1H3,(H,10,11)(H,12,13). The molecule has 174 valence electrons. The zero-order valence-corrected chi connectivity index (χ0v) is 19.2. The second-order valence-electron chi connectivity index (χ2n) is 7.74. The number of Topliss-reactive ketones (excluding diaryl/α,β-unsaturated/α-hetero) is 1. The van der Waals surface area contributed by atoms with E-state index in [-0.39, 0.29) is 29.1 Å². The summed E-state index contributed by atoms with van der Waals surface area (Å²) >= 11 is 0. The van der Waals surface area contributed by atoms with Crippen LogP contribution < -0.4 is 0 Å². The molecule has 2 aromatic rings. The number of hydrogen-bond donors (Lipinski definition) is 2. The molecule has 0 bridgehead atoms. The fourth-order valence-corrected chi connectivity index (χ4v) is 5.01. The summed E-state index contributed by atoms with van der Waals surface area (Å²) in [5, 5.41) is 16.4. The molecule has 2 unspecified atom stereocenters. The van der Waals surface area contributed by atoms with Crippen molar-refractivity contribution in [2.45, 2.75) is 36.8 Å². The average Bonchev–Trinajstić information content (AvgIpc) is 2.81. The molecule has 1 aliphatic rings. The van der Waals surface area contributed by atoms with Gasteiger partial charge in [0.05, 0.1) is 10.3 Å². The van der Waals surface area contributed by atoms with E-state index in [9.17, 15) is 22.8 Å². The second-order valence-corrected chi connectivity index (χ2v) is 9.87. The molecule has 7 nitrogen and oxygen atoms in total. The number of benzene rings is 2. The Balaban J connectivity index is 0.000000257. The van der Waals surface area contributed by atoms with Crippen LogP contribution in [0, 0.1) is 5.41 Å². The minimum Gasteiger partial charge on any atom is -0.481 e. The van der Waals surface area contributed by atoms with Gasteiger partial charge in [-0.1, -0.05) is 73.7 Å². The summed E-state index contributed by atoms with van der Waals surface area (Å²) < 4.78 is 25.1. The van der Waals surface area contributed by atoms with E-state index in [1.54, 1.807) is 55.5 Å². The number of rotatable bonds is 7. The molecule has 0 fully saturated rings. The van der Waals surface area contributed by atoms with E-state index >= 15 is 0 Å². The van der Waals surface area contributed by atoms with Crippen molar-refractivity contribution in [2.24, 2.45) is 5.41 Å². The van der Waals surface area contributed by atoms with Crippen LogP contribution in [0.15, 0.2) is 89.4 Å².